The maximum Gasteiger partial charge on any atom is 0.408 e. The molecule has 16 heteroatoms. The Morgan fingerprint density at radius 2 is 1.73 bits per heavy atom. The monoisotopic (exact) mass is 848 g/mol. The van der Waals surface area contributed by atoms with Gasteiger partial charge in [-0.25, -0.2) is 17.9 Å². The Hall–Kier alpha value is -4.57. The van der Waals surface area contributed by atoms with Crippen LogP contribution in [-0.2, 0) is 29.1 Å². The largest absolute Gasteiger partial charge is 0.446 e. The fourth-order valence-corrected chi connectivity index (χ4v) is 9.99. The first-order chi connectivity index (χ1) is 26.9. The molecule has 0 spiro atoms. The summed E-state index contributed by atoms with van der Waals surface area (Å²) in [5.41, 5.74) is -0.599. The third-order valence-electron chi connectivity index (χ3n) is 11.8. The van der Waals surface area contributed by atoms with E-state index in [0.717, 1.165) is 48.4 Å². The lowest BCUT2D eigenvalue weighted by Crippen LogP contribution is -2.58. The van der Waals surface area contributed by atoms with Crippen LogP contribution in [0.5, 0.6) is 0 Å². The molecule has 2 aliphatic heterocycles. The minimum Gasteiger partial charge on any atom is -0.446 e. The standard InChI is InChI=1S/C40H45BrN6O8S/c41-34-31(30-16-8-11-24-10-6-7-15-29(24)30)22-42-47(37(34)50)26-20-33-35(48)44-40(38(51)45-56(53,54)28-18-19-28)21-25(40)12-4-2-1-3-5-17-32(36(49)46(33)23-26)43-39(52)55-27-13-9-14-27/h4,6-8,10-12,15-16,22,25-28,32-33H,1-3,5,9,13-14,17-21,23H2,(H,43,52)(H,44,48)(H,45,51)/b12-4-/t25?,26?,32?,33-,40?/m0/s1. The van der Waals surface area contributed by atoms with Gasteiger partial charge in [-0.3, -0.25) is 23.9 Å². The van der Waals surface area contributed by atoms with Crippen LogP contribution in [0.25, 0.3) is 21.9 Å². The molecule has 8 rings (SSSR count). The maximum atomic E-state index is 14.6. The number of alkyl carbamates (subject to hydrolysis) is 1. The van der Waals surface area contributed by atoms with Crippen molar-refractivity contribution >= 4 is 60.5 Å². The molecule has 296 valence electrons. The number of nitrogens with one attached hydrogen (secondary N) is 3. The summed E-state index contributed by atoms with van der Waals surface area (Å²) < 4.78 is 35.0. The first-order valence-corrected chi connectivity index (χ1v) is 21.9. The van der Waals surface area contributed by atoms with E-state index < -0.39 is 74.2 Å². The van der Waals surface area contributed by atoms with Crippen LogP contribution in [0.15, 0.2) is 70.1 Å². The average Bonchev–Trinajstić information content (AvgIpc) is 4.09. The molecule has 5 atom stereocenters. The molecule has 4 fully saturated rings. The van der Waals surface area contributed by atoms with Crippen molar-refractivity contribution in [2.75, 3.05) is 6.54 Å². The summed E-state index contributed by atoms with van der Waals surface area (Å²) in [5, 5.41) is 11.5. The van der Waals surface area contributed by atoms with Gasteiger partial charge in [-0.2, -0.15) is 5.10 Å². The van der Waals surface area contributed by atoms with Gasteiger partial charge in [0.15, 0.2) is 0 Å². The molecule has 14 nitrogen and oxygen atoms in total. The van der Waals surface area contributed by atoms with E-state index >= 15 is 0 Å². The molecule has 2 aromatic carbocycles. The zero-order valence-corrected chi connectivity index (χ0v) is 33.2. The number of allylic oxidation sites excluding steroid dienone is 1. The van der Waals surface area contributed by atoms with Crippen LogP contribution >= 0.6 is 15.9 Å². The zero-order valence-electron chi connectivity index (χ0n) is 30.8. The Labute approximate surface area is 333 Å². The molecule has 0 bridgehead atoms. The molecular formula is C40H45BrN6O8S. The second kappa shape index (κ2) is 15.4. The van der Waals surface area contributed by atoms with Crippen molar-refractivity contribution in [2.24, 2.45) is 5.92 Å². The molecular weight excluding hydrogens is 804 g/mol. The van der Waals surface area contributed by atoms with E-state index in [2.05, 4.69) is 36.4 Å². The number of hydrogen-bond acceptors (Lipinski definition) is 9. The van der Waals surface area contributed by atoms with Crippen LogP contribution < -0.4 is 20.9 Å². The number of benzene rings is 2. The Balaban J connectivity index is 1.12. The molecule has 5 aliphatic rings. The molecule has 1 aromatic heterocycles. The van der Waals surface area contributed by atoms with Gasteiger partial charge in [-0.15, -0.1) is 0 Å². The van der Waals surface area contributed by atoms with E-state index in [1.807, 2.05) is 54.6 Å². The number of amides is 4. The Morgan fingerprint density at radius 1 is 0.946 bits per heavy atom. The van der Waals surface area contributed by atoms with Crippen LogP contribution in [0.4, 0.5) is 4.79 Å². The highest BCUT2D eigenvalue weighted by Gasteiger charge is 2.62. The molecule has 4 unspecified atom stereocenters. The van der Waals surface area contributed by atoms with Crippen LogP contribution in [0, 0.1) is 5.92 Å². The molecule has 3 aromatic rings. The minimum absolute atomic E-state index is 0.0254. The highest BCUT2D eigenvalue weighted by Crippen LogP contribution is 2.46. The lowest BCUT2D eigenvalue weighted by atomic mass is 9.96. The number of fused-ring (bicyclic) bond motifs is 3. The SMILES string of the molecule is O=C(NC1CCCCC/C=C\C2CC2(C(=O)NS(=O)(=O)C2CC2)NC(=O)[C@@H]2CC(n3ncc(-c4cccc5ccccc45)c(Br)c3=O)CN2C1=O)OC1CCC1. The summed E-state index contributed by atoms with van der Waals surface area (Å²) in [7, 11) is -3.91. The fraction of sp³-hybridized carbons (Fsp3) is 0.500. The van der Waals surface area contributed by atoms with Crippen molar-refractivity contribution in [3.63, 3.8) is 0 Å². The predicted molar refractivity (Wildman–Crippen MR) is 211 cm³/mol. The third kappa shape index (κ3) is 7.61. The molecule has 3 heterocycles. The van der Waals surface area contributed by atoms with Gasteiger partial charge in [0.2, 0.25) is 21.8 Å². The number of hydrogen-bond donors (Lipinski definition) is 3. The number of aromatic nitrogens is 2. The zero-order chi connectivity index (χ0) is 39.2. The molecule has 56 heavy (non-hydrogen) atoms. The number of carbonyl (C=O) groups excluding carboxylic acids is 4. The summed E-state index contributed by atoms with van der Waals surface area (Å²) in [5.74, 6) is -2.45. The first kappa shape index (κ1) is 38.3. The maximum absolute atomic E-state index is 14.6. The number of rotatable bonds is 7. The van der Waals surface area contributed by atoms with Crippen LogP contribution in [0.2, 0.25) is 0 Å². The predicted octanol–water partition coefficient (Wildman–Crippen LogP) is 4.62. The topological polar surface area (TPSA) is 186 Å². The molecule has 4 amide bonds. The highest BCUT2D eigenvalue weighted by molar-refractivity contribution is 9.10. The van der Waals surface area contributed by atoms with Gasteiger partial charge >= 0.3 is 6.09 Å². The average molecular weight is 850 g/mol. The summed E-state index contributed by atoms with van der Waals surface area (Å²) in [4.78, 5) is 71.3. The van der Waals surface area contributed by atoms with Gasteiger partial charge in [0.1, 0.15) is 23.7 Å². The van der Waals surface area contributed by atoms with E-state index in [0.29, 0.717) is 37.7 Å². The number of carbonyl (C=O) groups is 4. The second-order valence-electron chi connectivity index (χ2n) is 15.7. The molecule has 0 radical (unpaired) electrons. The lowest BCUT2D eigenvalue weighted by molar-refractivity contribution is -0.141. The molecule has 3 N–H and O–H groups in total. The fourth-order valence-electron chi connectivity index (χ4n) is 8.12. The first-order valence-electron chi connectivity index (χ1n) is 19.5. The number of halogens is 1. The molecule has 1 saturated heterocycles. The van der Waals surface area contributed by atoms with E-state index in [4.69, 9.17) is 4.74 Å². The summed E-state index contributed by atoms with van der Waals surface area (Å²) in [6.45, 7) is -0.0850. The van der Waals surface area contributed by atoms with Crippen LogP contribution in [0.1, 0.15) is 83.1 Å². The second-order valence-corrected chi connectivity index (χ2v) is 18.5. The van der Waals surface area contributed by atoms with Gasteiger partial charge in [0, 0.05) is 24.4 Å². The highest BCUT2D eigenvalue weighted by atomic mass is 79.9. The summed E-state index contributed by atoms with van der Waals surface area (Å²) in [6, 6.07) is 10.7. The van der Waals surface area contributed by atoms with E-state index in [-0.39, 0.29) is 30.0 Å². The van der Waals surface area contributed by atoms with E-state index in [9.17, 15) is 32.4 Å². The summed E-state index contributed by atoms with van der Waals surface area (Å²) >= 11 is 3.53. The van der Waals surface area contributed by atoms with Crippen molar-refractivity contribution in [1.82, 2.24) is 30.0 Å². The number of sulfonamides is 1. The van der Waals surface area contributed by atoms with Gasteiger partial charge in [0.05, 0.1) is 22.0 Å². The molecule has 3 aliphatic carbocycles. The van der Waals surface area contributed by atoms with Crippen molar-refractivity contribution in [3.8, 4) is 11.1 Å². The van der Waals surface area contributed by atoms with Gasteiger partial charge in [-0.1, -0.05) is 67.5 Å². The van der Waals surface area contributed by atoms with E-state index in [1.54, 1.807) is 6.20 Å². The lowest BCUT2D eigenvalue weighted by Gasteiger charge is -2.31. The van der Waals surface area contributed by atoms with Crippen molar-refractivity contribution in [1.29, 1.82) is 0 Å². The third-order valence-corrected chi connectivity index (χ3v) is 14.4. The number of ether oxygens (including phenoxy) is 1. The van der Waals surface area contributed by atoms with Gasteiger partial charge in [-0.05, 0) is 90.1 Å². The van der Waals surface area contributed by atoms with Crippen LogP contribution in [0.3, 0.4) is 0 Å². The molecule has 3 saturated carbocycles. The number of nitrogens with zero attached hydrogens (tertiary/aromatic N) is 3. The van der Waals surface area contributed by atoms with E-state index in [1.165, 1.54) is 9.58 Å². The quantitative estimate of drug-likeness (QED) is 0.286. The smallest absolute Gasteiger partial charge is 0.408 e. The normalized spacial score (nSPS) is 27.8. The van der Waals surface area contributed by atoms with Crippen molar-refractivity contribution < 1.29 is 32.3 Å². The van der Waals surface area contributed by atoms with Crippen molar-refractivity contribution in [2.45, 2.75) is 112 Å². The van der Waals surface area contributed by atoms with Gasteiger partial charge < -0.3 is 20.3 Å². The Kier molecular flexibility index (Phi) is 10.5. The van der Waals surface area contributed by atoms with Crippen molar-refractivity contribution in [3.05, 3.63) is 75.6 Å². The summed E-state index contributed by atoms with van der Waals surface area (Å²) in [6.07, 6.45) is 11.1. The van der Waals surface area contributed by atoms with Crippen LogP contribution in [-0.4, -0.2) is 82.4 Å². The minimum atomic E-state index is -3.91. The van der Waals surface area contributed by atoms with Gasteiger partial charge in [0.25, 0.3) is 11.5 Å². The Morgan fingerprint density at radius 3 is 2.50 bits per heavy atom. The Bertz CT molecular complexity index is 2270.